The summed E-state index contributed by atoms with van der Waals surface area (Å²) in [6.07, 6.45) is 6.46. The van der Waals surface area contributed by atoms with Gasteiger partial charge >= 0.3 is 0 Å². The highest BCUT2D eigenvalue weighted by atomic mass is 19.1. The molecule has 122 valence electrons. The van der Waals surface area contributed by atoms with Crippen LogP contribution in [0.1, 0.15) is 25.7 Å². The van der Waals surface area contributed by atoms with E-state index in [4.69, 9.17) is 4.74 Å². The molecule has 0 N–H and O–H groups in total. The Hall–Kier alpha value is -1.75. The molecule has 0 spiro atoms. The van der Waals surface area contributed by atoms with E-state index in [1.165, 1.54) is 18.9 Å². The first-order valence-corrected chi connectivity index (χ1v) is 8.32. The largest absolute Gasteiger partial charge is 0.378 e. The van der Waals surface area contributed by atoms with Gasteiger partial charge in [-0.05, 0) is 43.7 Å². The highest BCUT2D eigenvalue weighted by Gasteiger charge is 2.30. The van der Waals surface area contributed by atoms with E-state index in [0.717, 1.165) is 44.3 Å². The SMILES string of the molecule is Fc1cc(F)c2nccc(N3CCC(C4CCCO4)CC3)c2c1. The van der Waals surface area contributed by atoms with E-state index in [0.29, 0.717) is 17.4 Å². The number of fused-ring (bicyclic) bond motifs is 1. The summed E-state index contributed by atoms with van der Waals surface area (Å²) in [6, 6.07) is 4.13. The Balaban J connectivity index is 1.58. The monoisotopic (exact) mass is 318 g/mol. The lowest BCUT2D eigenvalue weighted by atomic mass is 9.89. The maximum absolute atomic E-state index is 13.9. The molecule has 1 atom stereocenters. The summed E-state index contributed by atoms with van der Waals surface area (Å²) in [5.74, 6) is -0.551. The minimum Gasteiger partial charge on any atom is -0.378 e. The predicted octanol–water partition coefficient (Wildman–Crippen LogP) is 3.91. The van der Waals surface area contributed by atoms with Gasteiger partial charge in [0.05, 0.1) is 6.10 Å². The van der Waals surface area contributed by atoms with Crippen molar-refractivity contribution >= 4 is 16.6 Å². The van der Waals surface area contributed by atoms with Gasteiger partial charge in [-0.2, -0.15) is 0 Å². The van der Waals surface area contributed by atoms with Crippen molar-refractivity contribution in [1.29, 1.82) is 0 Å². The quantitative estimate of drug-likeness (QED) is 0.839. The number of anilines is 1. The topological polar surface area (TPSA) is 25.4 Å². The Kier molecular flexibility index (Phi) is 3.89. The van der Waals surface area contributed by atoms with Crippen molar-refractivity contribution in [2.75, 3.05) is 24.6 Å². The maximum atomic E-state index is 13.9. The van der Waals surface area contributed by atoms with Crippen molar-refractivity contribution in [3.05, 3.63) is 36.0 Å². The number of rotatable bonds is 2. The van der Waals surface area contributed by atoms with E-state index in [2.05, 4.69) is 9.88 Å². The molecule has 0 aliphatic carbocycles. The fourth-order valence-electron chi connectivity index (χ4n) is 3.93. The molecular weight excluding hydrogens is 298 g/mol. The van der Waals surface area contributed by atoms with Crippen LogP contribution in [0.2, 0.25) is 0 Å². The van der Waals surface area contributed by atoms with Crippen molar-refractivity contribution < 1.29 is 13.5 Å². The Morgan fingerprint density at radius 3 is 2.70 bits per heavy atom. The highest BCUT2D eigenvalue weighted by molar-refractivity contribution is 5.92. The van der Waals surface area contributed by atoms with Crippen LogP contribution < -0.4 is 4.90 Å². The Morgan fingerprint density at radius 1 is 1.13 bits per heavy atom. The average molecular weight is 318 g/mol. The third-order valence-corrected chi connectivity index (χ3v) is 5.11. The van der Waals surface area contributed by atoms with Gasteiger partial charge in [0.2, 0.25) is 0 Å². The van der Waals surface area contributed by atoms with Gasteiger partial charge in [-0.25, -0.2) is 8.78 Å². The lowest BCUT2D eigenvalue weighted by Gasteiger charge is -2.36. The van der Waals surface area contributed by atoms with Crippen LogP contribution in [0.4, 0.5) is 14.5 Å². The van der Waals surface area contributed by atoms with Gasteiger partial charge in [-0.3, -0.25) is 4.98 Å². The van der Waals surface area contributed by atoms with Crippen LogP contribution in [0.5, 0.6) is 0 Å². The standard InChI is InChI=1S/C18H20F2N2O/c19-13-10-14-16(3-6-21-18(14)15(20)11-13)22-7-4-12(5-8-22)17-2-1-9-23-17/h3,6,10-12,17H,1-2,4-5,7-9H2. The summed E-state index contributed by atoms with van der Waals surface area (Å²) in [5.41, 5.74) is 1.12. The van der Waals surface area contributed by atoms with E-state index in [9.17, 15) is 8.78 Å². The van der Waals surface area contributed by atoms with E-state index in [-0.39, 0.29) is 5.52 Å². The van der Waals surface area contributed by atoms with E-state index in [1.54, 1.807) is 6.20 Å². The number of nitrogens with zero attached hydrogens (tertiary/aromatic N) is 2. The van der Waals surface area contributed by atoms with Gasteiger partial charge in [0.1, 0.15) is 11.3 Å². The lowest BCUT2D eigenvalue weighted by molar-refractivity contribution is 0.0532. The molecule has 2 aliphatic heterocycles. The van der Waals surface area contributed by atoms with Crippen molar-refractivity contribution in [2.24, 2.45) is 5.92 Å². The molecule has 2 fully saturated rings. The van der Waals surface area contributed by atoms with Crippen LogP contribution in [0.25, 0.3) is 10.9 Å². The molecule has 3 heterocycles. The summed E-state index contributed by atoms with van der Waals surface area (Å²) < 4.78 is 33.3. The van der Waals surface area contributed by atoms with Gasteiger partial charge in [-0.1, -0.05) is 0 Å². The minimum absolute atomic E-state index is 0.241. The molecule has 2 saturated heterocycles. The van der Waals surface area contributed by atoms with E-state index >= 15 is 0 Å². The molecule has 0 radical (unpaired) electrons. The molecular formula is C18H20F2N2O. The number of hydrogen-bond donors (Lipinski definition) is 0. The molecule has 2 aromatic rings. The van der Waals surface area contributed by atoms with E-state index < -0.39 is 11.6 Å². The molecule has 1 unspecified atom stereocenters. The molecule has 0 saturated carbocycles. The fraction of sp³-hybridized carbons (Fsp3) is 0.500. The van der Waals surface area contributed by atoms with Gasteiger partial charge in [0.15, 0.2) is 5.82 Å². The molecule has 3 nitrogen and oxygen atoms in total. The highest BCUT2D eigenvalue weighted by Crippen LogP contribution is 2.34. The Labute approximate surface area is 134 Å². The summed E-state index contributed by atoms with van der Waals surface area (Å²) in [7, 11) is 0. The van der Waals surface area contributed by atoms with Crippen molar-refractivity contribution in [3.63, 3.8) is 0 Å². The first kappa shape index (κ1) is 14.8. The first-order chi connectivity index (χ1) is 11.2. The van der Waals surface area contributed by atoms with Crippen molar-refractivity contribution in [2.45, 2.75) is 31.8 Å². The first-order valence-electron chi connectivity index (χ1n) is 8.32. The number of aromatic nitrogens is 1. The van der Waals surface area contributed by atoms with Crippen LogP contribution >= 0.6 is 0 Å². The second kappa shape index (κ2) is 6.04. The third-order valence-electron chi connectivity index (χ3n) is 5.11. The van der Waals surface area contributed by atoms with E-state index in [1.807, 2.05) is 6.07 Å². The summed E-state index contributed by atoms with van der Waals surface area (Å²) in [5, 5.41) is 0.556. The number of pyridine rings is 1. The van der Waals surface area contributed by atoms with Gasteiger partial charge < -0.3 is 9.64 Å². The van der Waals surface area contributed by atoms with Gasteiger partial charge in [0, 0.05) is 43.0 Å². The Bertz CT molecular complexity index is 707. The molecule has 0 amide bonds. The number of halogens is 2. The maximum Gasteiger partial charge on any atom is 0.152 e. The summed E-state index contributed by atoms with van der Waals surface area (Å²) >= 11 is 0. The molecule has 2 aliphatic rings. The summed E-state index contributed by atoms with van der Waals surface area (Å²) in [4.78, 5) is 6.28. The molecule has 5 heteroatoms. The Morgan fingerprint density at radius 2 is 1.96 bits per heavy atom. The normalized spacial score (nSPS) is 22.9. The second-order valence-corrected chi connectivity index (χ2v) is 6.49. The zero-order chi connectivity index (χ0) is 15.8. The summed E-state index contributed by atoms with van der Waals surface area (Å²) in [6.45, 7) is 2.67. The van der Waals surface area contributed by atoms with Gasteiger partial charge in [-0.15, -0.1) is 0 Å². The molecule has 1 aromatic carbocycles. The second-order valence-electron chi connectivity index (χ2n) is 6.49. The minimum atomic E-state index is -0.601. The zero-order valence-corrected chi connectivity index (χ0v) is 13.0. The third kappa shape index (κ3) is 2.78. The van der Waals surface area contributed by atoms with Crippen molar-refractivity contribution in [3.8, 4) is 0 Å². The van der Waals surface area contributed by atoms with Crippen LogP contribution in [-0.2, 0) is 4.74 Å². The molecule has 1 aromatic heterocycles. The molecule has 23 heavy (non-hydrogen) atoms. The fourth-order valence-corrected chi connectivity index (χ4v) is 3.93. The predicted molar refractivity (Wildman–Crippen MR) is 85.6 cm³/mol. The van der Waals surface area contributed by atoms with Crippen LogP contribution in [-0.4, -0.2) is 30.8 Å². The van der Waals surface area contributed by atoms with Gasteiger partial charge in [0.25, 0.3) is 0 Å². The lowest BCUT2D eigenvalue weighted by Crippen LogP contribution is -2.37. The van der Waals surface area contributed by atoms with Crippen LogP contribution in [0.15, 0.2) is 24.4 Å². The smallest absolute Gasteiger partial charge is 0.152 e. The van der Waals surface area contributed by atoms with Crippen LogP contribution in [0.3, 0.4) is 0 Å². The van der Waals surface area contributed by atoms with Crippen LogP contribution in [0, 0.1) is 17.6 Å². The number of piperidine rings is 1. The zero-order valence-electron chi connectivity index (χ0n) is 13.0. The molecule has 0 bridgehead atoms. The number of benzene rings is 1. The van der Waals surface area contributed by atoms with Crippen molar-refractivity contribution in [1.82, 2.24) is 4.98 Å². The number of ether oxygens (including phenoxy) is 1. The molecule has 4 rings (SSSR count). The average Bonchev–Trinajstić information content (AvgIpc) is 3.09. The number of hydrogen-bond acceptors (Lipinski definition) is 3.